The van der Waals surface area contributed by atoms with Gasteiger partial charge in [0.05, 0.1) is 32.8 Å². The van der Waals surface area contributed by atoms with Crippen LogP contribution < -0.4 is 9.47 Å². The van der Waals surface area contributed by atoms with Gasteiger partial charge in [0.15, 0.2) is 6.61 Å². The van der Waals surface area contributed by atoms with Crippen molar-refractivity contribution in [1.29, 1.82) is 0 Å². The maximum Gasteiger partial charge on any atom is 0.260 e. The lowest BCUT2D eigenvalue weighted by atomic mass is 9.96. The predicted octanol–water partition coefficient (Wildman–Crippen LogP) is 2.78. The minimum Gasteiger partial charge on any atom is -0.490 e. The third kappa shape index (κ3) is 7.06. The molecule has 0 aliphatic carbocycles. The highest BCUT2D eigenvalue weighted by Gasteiger charge is 2.42. The molecule has 4 rings (SSSR count). The summed E-state index contributed by atoms with van der Waals surface area (Å²) in [4.78, 5) is 29.4. The van der Waals surface area contributed by atoms with Crippen molar-refractivity contribution in [1.82, 2.24) is 9.80 Å². The molecular formula is C25H28ClFN2O6. The van der Waals surface area contributed by atoms with Crippen LogP contribution in [0.1, 0.15) is 6.42 Å². The fourth-order valence-electron chi connectivity index (χ4n) is 4.02. The smallest absolute Gasteiger partial charge is 0.260 e. The van der Waals surface area contributed by atoms with E-state index in [9.17, 15) is 14.0 Å². The van der Waals surface area contributed by atoms with Crippen molar-refractivity contribution >= 4 is 23.4 Å². The summed E-state index contributed by atoms with van der Waals surface area (Å²) in [6, 6.07) is 12.4. The fourth-order valence-corrected chi connectivity index (χ4v) is 4.14. The van der Waals surface area contributed by atoms with Crippen molar-refractivity contribution in [3.05, 3.63) is 59.4 Å². The van der Waals surface area contributed by atoms with Crippen LogP contribution in [0.4, 0.5) is 4.39 Å². The van der Waals surface area contributed by atoms with Gasteiger partial charge in [-0.25, -0.2) is 4.39 Å². The Bertz CT molecular complexity index is 1000. The lowest BCUT2D eigenvalue weighted by Gasteiger charge is -2.43. The average Bonchev–Trinajstić information content (AvgIpc) is 2.88. The molecule has 2 aromatic carbocycles. The van der Waals surface area contributed by atoms with Crippen LogP contribution in [-0.4, -0.2) is 86.4 Å². The van der Waals surface area contributed by atoms with E-state index < -0.39 is 5.60 Å². The highest BCUT2D eigenvalue weighted by Crippen LogP contribution is 2.26. The lowest BCUT2D eigenvalue weighted by Crippen LogP contribution is -2.59. The highest BCUT2D eigenvalue weighted by molar-refractivity contribution is 6.30. The fraction of sp³-hybridized carbons (Fsp3) is 0.440. The van der Waals surface area contributed by atoms with E-state index in [0.717, 1.165) is 0 Å². The van der Waals surface area contributed by atoms with Crippen LogP contribution in [0.2, 0.25) is 5.02 Å². The van der Waals surface area contributed by atoms with Gasteiger partial charge >= 0.3 is 0 Å². The molecule has 0 radical (unpaired) electrons. The summed E-state index contributed by atoms with van der Waals surface area (Å²) < 4.78 is 36.2. The maximum absolute atomic E-state index is 13.3. The molecule has 2 fully saturated rings. The first kappa shape index (κ1) is 25.2. The number of hydrogen-bond donors (Lipinski definition) is 0. The van der Waals surface area contributed by atoms with Gasteiger partial charge in [0.1, 0.15) is 29.5 Å². The number of nitrogens with zero attached hydrogens (tertiary/aromatic N) is 2. The monoisotopic (exact) mass is 506 g/mol. The number of amides is 2. The number of carbonyl (C=O) groups is 2. The molecule has 1 atom stereocenters. The molecule has 10 heteroatoms. The Morgan fingerprint density at radius 2 is 1.51 bits per heavy atom. The SMILES string of the molecule is O=C(CC1(COc2ccc(F)cc2)CN(C(=O)COc2ccc(Cl)cc2)CCO1)N1CCOCC1. The van der Waals surface area contributed by atoms with Crippen molar-refractivity contribution in [2.24, 2.45) is 0 Å². The molecule has 0 aromatic heterocycles. The molecular weight excluding hydrogens is 479 g/mol. The highest BCUT2D eigenvalue weighted by atomic mass is 35.5. The summed E-state index contributed by atoms with van der Waals surface area (Å²) in [5.74, 6) is 0.281. The Kier molecular flexibility index (Phi) is 8.43. The Balaban J connectivity index is 1.43. The molecule has 35 heavy (non-hydrogen) atoms. The van der Waals surface area contributed by atoms with Crippen molar-refractivity contribution in [2.45, 2.75) is 12.0 Å². The van der Waals surface area contributed by atoms with E-state index in [0.29, 0.717) is 49.4 Å². The summed E-state index contributed by atoms with van der Waals surface area (Å²) in [6.07, 6.45) is 0.0377. The van der Waals surface area contributed by atoms with Gasteiger partial charge in [-0.05, 0) is 48.5 Å². The quantitative estimate of drug-likeness (QED) is 0.548. The van der Waals surface area contributed by atoms with Gasteiger partial charge in [-0.1, -0.05) is 11.6 Å². The van der Waals surface area contributed by atoms with Crippen LogP contribution in [0.3, 0.4) is 0 Å². The minimum absolute atomic E-state index is 0.0243. The molecule has 0 bridgehead atoms. The van der Waals surface area contributed by atoms with Gasteiger partial charge in [0.2, 0.25) is 5.91 Å². The van der Waals surface area contributed by atoms with Crippen LogP contribution in [0, 0.1) is 5.82 Å². The Labute approximate surface area is 208 Å². The van der Waals surface area contributed by atoms with E-state index in [-0.39, 0.29) is 50.4 Å². The Morgan fingerprint density at radius 3 is 2.23 bits per heavy atom. The normalized spacial score (nSPS) is 20.4. The van der Waals surface area contributed by atoms with Crippen LogP contribution in [-0.2, 0) is 19.1 Å². The van der Waals surface area contributed by atoms with E-state index in [4.69, 9.17) is 30.5 Å². The van der Waals surface area contributed by atoms with Gasteiger partial charge < -0.3 is 28.7 Å². The predicted molar refractivity (Wildman–Crippen MR) is 126 cm³/mol. The molecule has 2 aromatic rings. The minimum atomic E-state index is -1.06. The average molecular weight is 507 g/mol. The summed E-state index contributed by atoms with van der Waals surface area (Å²) in [6.45, 7) is 2.62. The molecule has 1 unspecified atom stereocenters. The van der Waals surface area contributed by atoms with Crippen molar-refractivity contribution < 1.29 is 32.9 Å². The van der Waals surface area contributed by atoms with Gasteiger partial charge in [-0.15, -0.1) is 0 Å². The number of halogens is 2. The second-order valence-electron chi connectivity index (χ2n) is 8.50. The zero-order valence-corrected chi connectivity index (χ0v) is 20.0. The number of carbonyl (C=O) groups excluding carboxylic acids is 2. The molecule has 2 aliphatic heterocycles. The number of rotatable bonds is 8. The largest absolute Gasteiger partial charge is 0.490 e. The maximum atomic E-state index is 13.3. The van der Waals surface area contributed by atoms with Crippen LogP contribution in [0.15, 0.2) is 48.5 Å². The molecule has 2 amide bonds. The van der Waals surface area contributed by atoms with E-state index in [1.165, 1.54) is 24.3 Å². The molecule has 2 heterocycles. The number of hydrogen-bond acceptors (Lipinski definition) is 6. The summed E-state index contributed by atoms with van der Waals surface area (Å²) in [5.41, 5.74) is -1.06. The van der Waals surface area contributed by atoms with E-state index in [2.05, 4.69) is 0 Å². The van der Waals surface area contributed by atoms with Gasteiger partial charge in [-0.2, -0.15) is 0 Å². The first-order valence-electron chi connectivity index (χ1n) is 11.5. The topological polar surface area (TPSA) is 77.5 Å². The standard InChI is InChI=1S/C25H28ClFN2O6/c26-19-1-5-21(6-2-19)33-16-24(31)29-11-14-35-25(17-29,15-23(30)28-9-12-32-13-10-28)18-34-22-7-3-20(27)4-8-22/h1-8H,9-18H2. The molecule has 2 saturated heterocycles. The zero-order valence-electron chi connectivity index (χ0n) is 19.3. The first-order valence-corrected chi connectivity index (χ1v) is 11.8. The third-order valence-corrected chi connectivity index (χ3v) is 6.18. The van der Waals surface area contributed by atoms with Crippen molar-refractivity contribution in [3.63, 3.8) is 0 Å². The third-order valence-electron chi connectivity index (χ3n) is 5.93. The lowest BCUT2D eigenvalue weighted by molar-refractivity contribution is -0.168. The van der Waals surface area contributed by atoms with Gasteiger partial charge in [0, 0.05) is 24.7 Å². The molecule has 0 saturated carbocycles. The van der Waals surface area contributed by atoms with Crippen LogP contribution in [0.5, 0.6) is 11.5 Å². The molecule has 0 N–H and O–H groups in total. The molecule has 188 valence electrons. The number of benzene rings is 2. The zero-order chi connectivity index (χ0) is 24.7. The Hall–Kier alpha value is -2.88. The molecule has 2 aliphatic rings. The van der Waals surface area contributed by atoms with Crippen LogP contribution >= 0.6 is 11.6 Å². The molecule has 8 nitrogen and oxygen atoms in total. The number of ether oxygens (including phenoxy) is 4. The first-order chi connectivity index (χ1) is 16.9. The summed E-state index contributed by atoms with van der Waals surface area (Å²) >= 11 is 5.89. The summed E-state index contributed by atoms with van der Waals surface area (Å²) in [5, 5.41) is 0.577. The van der Waals surface area contributed by atoms with E-state index in [1.807, 2.05) is 0 Å². The second-order valence-corrected chi connectivity index (χ2v) is 8.94. The summed E-state index contributed by atoms with van der Waals surface area (Å²) in [7, 11) is 0. The van der Waals surface area contributed by atoms with Gasteiger partial charge in [0.25, 0.3) is 5.91 Å². The second kappa shape index (κ2) is 11.7. The van der Waals surface area contributed by atoms with Crippen molar-refractivity contribution in [3.8, 4) is 11.5 Å². The molecule has 0 spiro atoms. The Morgan fingerprint density at radius 1 is 0.886 bits per heavy atom. The van der Waals surface area contributed by atoms with Crippen LogP contribution in [0.25, 0.3) is 0 Å². The van der Waals surface area contributed by atoms with E-state index >= 15 is 0 Å². The van der Waals surface area contributed by atoms with Gasteiger partial charge in [-0.3, -0.25) is 9.59 Å². The van der Waals surface area contributed by atoms with E-state index in [1.54, 1.807) is 34.1 Å². The van der Waals surface area contributed by atoms with Crippen molar-refractivity contribution in [2.75, 3.05) is 59.2 Å². The number of morpholine rings is 2.